The van der Waals surface area contributed by atoms with Gasteiger partial charge in [0.2, 0.25) is 5.91 Å². The molecule has 1 aliphatic heterocycles. The molecule has 1 amide bonds. The number of aromatic nitrogens is 2. The first-order valence-electron chi connectivity index (χ1n) is 10.1. The number of aromatic amines is 1. The number of hydrogen-bond donors (Lipinski definition) is 3. The van der Waals surface area contributed by atoms with E-state index in [1.165, 1.54) is 7.11 Å². The summed E-state index contributed by atoms with van der Waals surface area (Å²) in [6, 6.07) is 13.2. The molecule has 0 bridgehead atoms. The number of pyridine rings is 1. The molecule has 32 heavy (non-hydrogen) atoms. The van der Waals surface area contributed by atoms with Crippen LogP contribution in [0.1, 0.15) is 34.7 Å². The molecule has 2 aromatic heterocycles. The first kappa shape index (κ1) is 22.3. The van der Waals surface area contributed by atoms with E-state index >= 15 is 0 Å². The third-order valence-corrected chi connectivity index (χ3v) is 6.01. The fourth-order valence-electron chi connectivity index (χ4n) is 4.07. The number of thiocarbonyl (C=S) groups is 1. The number of ether oxygens (including phenoxy) is 1. The summed E-state index contributed by atoms with van der Waals surface area (Å²) < 4.78 is 4.87. The van der Waals surface area contributed by atoms with Crippen LogP contribution in [0.15, 0.2) is 48.7 Å². The number of nitrogens with zero attached hydrogens (tertiary/aromatic N) is 2. The zero-order valence-corrected chi connectivity index (χ0v) is 19.6. The molecule has 1 fully saturated rings. The quantitative estimate of drug-likeness (QED) is 0.463. The van der Waals surface area contributed by atoms with Crippen molar-refractivity contribution in [1.29, 1.82) is 0 Å². The summed E-state index contributed by atoms with van der Waals surface area (Å²) in [6.07, 6.45) is 1.78. The van der Waals surface area contributed by atoms with Gasteiger partial charge in [-0.2, -0.15) is 0 Å². The van der Waals surface area contributed by atoms with Gasteiger partial charge in [0.15, 0.2) is 5.11 Å². The average molecular weight is 470 g/mol. The molecule has 1 saturated heterocycles. The third kappa shape index (κ3) is 4.34. The van der Waals surface area contributed by atoms with E-state index in [1.807, 2.05) is 31.2 Å². The van der Waals surface area contributed by atoms with E-state index in [0.29, 0.717) is 15.8 Å². The minimum atomic E-state index is -0.271. The molecule has 0 aliphatic carbocycles. The fourth-order valence-corrected chi connectivity index (χ4v) is 4.64. The van der Waals surface area contributed by atoms with Crippen LogP contribution >= 0.6 is 23.8 Å². The number of nitrogens with one attached hydrogen (secondary N) is 3. The highest BCUT2D eigenvalue weighted by molar-refractivity contribution is 7.80. The van der Waals surface area contributed by atoms with Crippen LogP contribution in [0, 0.1) is 13.8 Å². The summed E-state index contributed by atoms with van der Waals surface area (Å²) in [5.74, 6) is -0.271. The molecule has 3 heterocycles. The number of rotatable bonds is 6. The molecule has 1 aromatic carbocycles. The number of aryl methyl sites for hydroxylation is 2. The lowest BCUT2D eigenvalue weighted by molar-refractivity contribution is -0.119. The fraction of sp³-hybridized carbons (Fsp3) is 0.261. The number of H-pyrrole nitrogens is 1. The molecule has 166 valence electrons. The summed E-state index contributed by atoms with van der Waals surface area (Å²) >= 11 is 12.3. The summed E-state index contributed by atoms with van der Waals surface area (Å²) in [7, 11) is 1.47. The molecule has 3 aromatic rings. The van der Waals surface area contributed by atoms with Crippen molar-refractivity contribution in [3.05, 3.63) is 76.3 Å². The van der Waals surface area contributed by atoms with Crippen LogP contribution in [0.3, 0.4) is 0 Å². The van der Waals surface area contributed by atoms with Gasteiger partial charge in [0, 0.05) is 30.4 Å². The SMILES string of the molecule is COCC(=O)Nc1ccc(N2C(=S)N[C@@H](c3ccccn3)[C@@H]2c2cc(C)[nH]c2C)cc1Cl. The highest BCUT2D eigenvalue weighted by Crippen LogP contribution is 2.43. The molecule has 0 spiro atoms. The number of anilines is 2. The van der Waals surface area contributed by atoms with Crippen molar-refractivity contribution in [2.24, 2.45) is 0 Å². The van der Waals surface area contributed by atoms with Crippen molar-refractivity contribution in [3.8, 4) is 0 Å². The molecule has 0 saturated carbocycles. The zero-order chi connectivity index (χ0) is 22.8. The summed E-state index contributed by atoms with van der Waals surface area (Å²) in [6.45, 7) is 4.04. The number of carbonyl (C=O) groups excluding carboxylic acids is 1. The van der Waals surface area contributed by atoms with Crippen molar-refractivity contribution >= 4 is 46.2 Å². The van der Waals surface area contributed by atoms with Gasteiger partial charge in [-0.25, -0.2) is 0 Å². The smallest absolute Gasteiger partial charge is 0.250 e. The maximum Gasteiger partial charge on any atom is 0.250 e. The number of carbonyl (C=O) groups is 1. The molecule has 7 nitrogen and oxygen atoms in total. The van der Waals surface area contributed by atoms with Gasteiger partial charge < -0.3 is 25.3 Å². The Morgan fingerprint density at radius 3 is 2.72 bits per heavy atom. The van der Waals surface area contributed by atoms with E-state index in [9.17, 15) is 4.79 Å². The Morgan fingerprint density at radius 1 is 1.28 bits per heavy atom. The maximum absolute atomic E-state index is 11.9. The molecule has 0 radical (unpaired) electrons. The van der Waals surface area contributed by atoms with Crippen molar-refractivity contribution in [2.45, 2.75) is 25.9 Å². The number of hydrogen-bond acceptors (Lipinski definition) is 4. The van der Waals surface area contributed by atoms with Crippen molar-refractivity contribution in [2.75, 3.05) is 23.9 Å². The Labute approximate surface area is 197 Å². The molecule has 9 heteroatoms. The second kappa shape index (κ2) is 9.28. The molecule has 1 aliphatic rings. The summed E-state index contributed by atoms with van der Waals surface area (Å²) in [5, 5.41) is 7.18. The Hall–Kier alpha value is -2.94. The van der Waals surface area contributed by atoms with Crippen LogP contribution in [0.4, 0.5) is 11.4 Å². The van der Waals surface area contributed by atoms with Gasteiger partial charge in [-0.1, -0.05) is 17.7 Å². The van der Waals surface area contributed by atoms with Crippen molar-refractivity contribution in [1.82, 2.24) is 15.3 Å². The average Bonchev–Trinajstić information content (AvgIpc) is 3.28. The van der Waals surface area contributed by atoms with E-state index in [1.54, 1.807) is 18.3 Å². The van der Waals surface area contributed by atoms with Crippen molar-refractivity contribution < 1.29 is 9.53 Å². The van der Waals surface area contributed by atoms with E-state index in [-0.39, 0.29) is 24.6 Å². The van der Waals surface area contributed by atoms with E-state index < -0.39 is 0 Å². The van der Waals surface area contributed by atoms with Crippen LogP contribution in [0.2, 0.25) is 5.02 Å². The molecular formula is C23H24ClN5O2S. The minimum absolute atomic E-state index is 0.0435. The lowest BCUT2D eigenvalue weighted by atomic mass is 9.96. The largest absolute Gasteiger partial charge is 0.375 e. The zero-order valence-electron chi connectivity index (χ0n) is 18.0. The minimum Gasteiger partial charge on any atom is -0.375 e. The van der Waals surface area contributed by atoms with Gasteiger partial charge in [0.1, 0.15) is 6.61 Å². The highest BCUT2D eigenvalue weighted by Gasteiger charge is 2.41. The lowest BCUT2D eigenvalue weighted by Crippen LogP contribution is -2.29. The maximum atomic E-state index is 11.9. The van der Waals surface area contributed by atoms with E-state index in [4.69, 9.17) is 28.6 Å². The monoisotopic (exact) mass is 469 g/mol. The second-order valence-corrected chi connectivity index (χ2v) is 8.47. The predicted octanol–water partition coefficient (Wildman–Crippen LogP) is 4.44. The standard InChI is InChI=1S/C23H24ClN5O2S/c1-13-10-16(14(2)26-13)22-21(19-6-4-5-9-25-19)28-23(32)29(22)15-7-8-18(17(24)11-15)27-20(30)12-31-3/h4-11,21-22,26H,12H2,1-3H3,(H,27,30)(H,28,32)/t21-,22-/m0/s1. The summed E-state index contributed by atoms with van der Waals surface area (Å²) in [5.41, 5.74) is 5.50. The van der Waals surface area contributed by atoms with Crippen LogP contribution in [0.25, 0.3) is 0 Å². The predicted molar refractivity (Wildman–Crippen MR) is 130 cm³/mol. The van der Waals surface area contributed by atoms with Crippen LogP contribution in [-0.4, -0.2) is 34.7 Å². The molecule has 2 atom stereocenters. The summed E-state index contributed by atoms with van der Waals surface area (Å²) in [4.78, 5) is 21.9. The number of benzene rings is 1. The molecule has 3 N–H and O–H groups in total. The highest BCUT2D eigenvalue weighted by atomic mass is 35.5. The molecule has 0 unspecified atom stereocenters. The van der Waals surface area contributed by atoms with Gasteiger partial charge >= 0.3 is 0 Å². The number of amides is 1. The van der Waals surface area contributed by atoms with Crippen LogP contribution < -0.4 is 15.5 Å². The van der Waals surface area contributed by atoms with Crippen molar-refractivity contribution in [3.63, 3.8) is 0 Å². The Balaban J connectivity index is 1.74. The van der Waals surface area contributed by atoms with Gasteiger partial charge in [-0.3, -0.25) is 9.78 Å². The van der Waals surface area contributed by atoms with Gasteiger partial charge in [-0.15, -0.1) is 0 Å². The van der Waals surface area contributed by atoms with Crippen LogP contribution in [-0.2, 0) is 9.53 Å². The number of halogens is 1. The lowest BCUT2D eigenvalue weighted by Gasteiger charge is -2.28. The first-order chi connectivity index (χ1) is 15.4. The Kier molecular flexibility index (Phi) is 6.45. The molecular weight excluding hydrogens is 446 g/mol. The molecule has 4 rings (SSSR count). The second-order valence-electron chi connectivity index (χ2n) is 7.67. The normalized spacial score (nSPS) is 18.0. The van der Waals surface area contributed by atoms with Gasteiger partial charge in [0.25, 0.3) is 0 Å². The topological polar surface area (TPSA) is 82.3 Å². The van der Waals surface area contributed by atoms with E-state index in [0.717, 1.165) is 28.3 Å². The number of methoxy groups -OCH3 is 1. The van der Waals surface area contributed by atoms with Crippen LogP contribution in [0.5, 0.6) is 0 Å². The van der Waals surface area contributed by atoms with E-state index in [2.05, 4.69) is 38.5 Å². The first-order valence-corrected chi connectivity index (χ1v) is 10.9. The third-order valence-electron chi connectivity index (χ3n) is 5.39. The van der Waals surface area contributed by atoms with Gasteiger partial charge in [0.05, 0.1) is 28.5 Å². The Bertz CT molecular complexity index is 1150. The Morgan fingerprint density at radius 2 is 2.09 bits per heavy atom. The van der Waals surface area contributed by atoms with Gasteiger partial charge in [-0.05, 0) is 68.0 Å².